The predicted molar refractivity (Wildman–Crippen MR) is 106 cm³/mol. The molecular weight excluding hydrogens is 312 g/mol. The third kappa shape index (κ3) is 6.14. The van der Waals surface area contributed by atoms with Gasteiger partial charge in [0.15, 0.2) is 5.96 Å². The summed E-state index contributed by atoms with van der Waals surface area (Å²) in [6.45, 7) is 18.9. The van der Waals surface area contributed by atoms with Crippen LogP contribution < -0.4 is 5.32 Å². The quantitative estimate of drug-likeness (QED) is 0.624. The van der Waals surface area contributed by atoms with Crippen LogP contribution in [0.25, 0.3) is 0 Å². The van der Waals surface area contributed by atoms with Crippen molar-refractivity contribution >= 4 is 5.96 Å². The standard InChI is InChI=1S/C20H40N4O/c1-16(2)15-23-9-11-24(12-10-23)19(21-6)22-14-17-8-7-13-25-18(17)20(3,4)5/h16-18H,7-15H2,1-6H3,(H,21,22). The predicted octanol–water partition coefficient (Wildman–Crippen LogP) is 2.68. The largest absolute Gasteiger partial charge is 0.377 e. The number of guanidine groups is 1. The molecule has 2 fully saturated rings. The molecule has 0 aromatic rings. The zero-order valence-electron chi connectivity index (χ0n) is 17.3. The molecule has 0 bridgehead atoms. The van der Waals surface area contributed by atoms with Crippen molar-refractivity contribution in [3.8, 4) is 0 Å². The average Bonchev–Trinajstić information content (AvgIpc) is 2.56. The van der Waals surface area contributed by atoms with Crippen molar-refractivity contribution in [3.63, 3.8) is 0 Å². The fraction of sp³-hybridized carbons (Fsp3) is 0.950. The molecule has 1 N–H and O–H groups in total. The van der Waals surface area contributed by atoms with Crippen molar-refractivity contribution in [2.24, 2.45) is 22.2 Å². The number of hydrogen-bond acceptors (Lipinski definition) is 3. The Morgan fingerprint density at radius 3 is 2.44 bits per heavy atom. The first kappa shape index (κ1) is 20.5. The summed E-state index contributed by atoms with van der Waals surface area (Å²) in [6, 6.07) is 0. The van der Waals surface area contributed by atoms with Crippen LogP contribution in [0, 0.1) is 17.3 Å². The van der Waals surface area contributed by atoms with Crippen LogP contribution in [-0.2, 0) is 4.74 Å². The van der Waals surface area contributed by atoms with Crippen LogP contribution in [0.2, 0.25) is 0 Å². The van der Waals surface area contributed by atoms with E-state index >= 15 is 0 Å². The normalized spacial score (nSPS) is 27.0. The first-order valence-corrected chi connectivity index (χ1v) is 10.1. The molecule has 2 unspecified atom stereocenters. The van der Waals surface area contributed by atoms with Crippen LogP contribution in [0.4, 0.5) is 0 Å². The second-order valence-electron chi connectivity index (χ2n) is 9.17. The van der Waals surface area contributed by atoms with Crippen LogP contribution >= 0.6 is 0 Å². The molecule has 25 heavy (non-hydrogen) atoms. The van der Waals surface area contributed by atoms with Crippen LogP contribution in [0.1, 0.15) is 47.5 Å². The van der Waals surface area contributed by atoms with Gasteiger partial charge in [-0.1, -0.05) is 34.6 Å². The zero-order chi connectivity index (χ0) is 18.4. The highest BCUT2D eigenvalue weighted by atomic mass is 16.5. The van der Waals surface area contributed by atoms with Crippen LogP contribution in [0.15, 0.2) is 4.99 Å². The van der Waals surface area contributed by atoms with E-state index < -0.39 is 0 Å². The molecule has 0 aliphatic carbocycles. The number of piperazine rings is 1. The maximum atomic E-state index is 6.12. The minimum Gasteiger partial charge on any atom is -0.377 e. The molecule has 2 heterocycles. The summed E-state index contributed by atoms with van der Waals surface area (Å²) in [5.41, 5.74) is 0.193. The SMILES string of the molecule is CN=C(NCC1CCCOC1C(C)(C)C)N1CCN(CC(C)C)CC1. The van der Waals surface area contributed by atoms with E-state index in [1.165, 1.54) is 19.4 Å². The highest BCUT2D eigenvalue weighted by Crippen LogP contribution is 2.33. The molecule has 2 aliphatic heterocycles. The fourth-order valence-electron chi connectivity index (χ4n) is 4.22. The second-order valence-corrected chi connectivity index (χ2v) is 9.17. The summed E-state index contributed by atoms with van der Waals surface area (Å²) >= 11 is 0. The van der Waals surface area contributed by atoms with Crippen molar-refractivity contribution < 1.29 is 4.74 Å². The van der Waals surface area contributed by atoms with Gasteiger partial charge in [-0.25, -0.2) is 0 Å². The van der Waals surface area contributed by atoms with Gasteiger partial charge in [0, 0.05) is 58.8 Å². The minimum absolute atomic E-state index is 0.193. The van der Waals surface area contributed by atoms with Crippen molar-refractivity contribution in [3.05, 3.63) is 0 Å². The van der Waals surface area contributed by atoms with Crippen molar-refractivity contribution in [1.29, 1.82) is 0 Å². The summed E-state index contributed by atoms with van der Waals surface area (Å²) in [5.74, 6) is 2.36. The summed E-state index contributed by atoms with van der Waals surface area (Å²) in [5, 5.41) is 3.64. The van der Waals surface area contributed by atoms with Crippen molar-refractivity contribution in [2.45, 2.75) is 53.6 Å². The molecule has 0 saturated carbocycles. The van der Waals surface area contributed by atoms with Gasteiger partial charge < -0.3 is 15.0 Å². The van der Waals surface area contributed by atoms with Gasteiger partial charge in [-0.2, -0.15) is 0 Å². The Labute approximate surface area is 155 Å². The highest BCUT2D eigenvalue weighted by Gasteiger charge is 2.35. The van der Waals surface area contributed by atoms with Gasteiger partial charge in [-0.3, -0.25) is 9.89 Å². The Balaban J connectivity index is 1.84. The van der Waals surface area contributed by atoms with Gasteiger partial charge in [0.05, 0.1) is 6.10 Å². The maximum Gasteiger partial charge on any atom is 0.193 e. The Hall–Kier alpha value is -0.810. The number of ether oxygens (including phenoxy) is 1. The van der Waals surface area contributed by atoms with Gasteiger partial charge in [-0.15, -0.1) is 0 Å². The zero-order valence-corrected chi connectivity index (χ0v) is 17.3. The Morgan fingerprint density at radius 1 is 1.20 bits per heavy atom. The molecule has 2 aliphatic rings. The second kappa shape index (κ2) is 9.22. The van der Waals surface area contributed by atoms with Crippen LogP contribution in [0.3, 0.4) is 0 Å². The number of nitrogens with zero attached hydrogens (tertiary/aromatic N) is 3. The molecule has 0 spiro atoms. The third-order valence-electron chi connectivity index (χ3n) is 5.33. The topological polar surface area (TPSA) is 40.1 Å². The van der Waals surface area contributed by atoms with E-state index in [2.05, 4.69) is 54.7 Å². The van der Waals surface area contributed by atoms with Gasteiger partial charge in [0.1, 0.15) is 0 Å². The molecule has 5 heteroatoms. The molecule has 2 atom stereocenters. The lowest BCUT2D eigenvalue weighted by molar-refractivity contribution is -0.0836. The Bertz CT molecular complexity index is 422. The van der Waals surface area contributed by atoms with Crippen LogP contribution in [0.5, 0.6) is 0 Å². The molecule has 5 nitrogen and oxygen atoms in total. The first-order chi connectivity index (χ1) is 11.8. The Kier molecular flexibility index (Phi) is 7.56. The van der Waals surface area contributed by atoms with Crippen molar-refractivity contribution in [2.75, 3.05) is 52.9 Å². The van der Waals surface area contributed by atoms with E-state index in [0.29, 0.717) is 12.0 Å². The number of hydrogen-bond donors (Lipinski definition) is 1. The number of aliphatic imine (C=N–C) groups is 1. The van der Waals surface area contributed by atoms with Gasteiger partial charge in [0.25, 0.3) is 0 Å². The van der Waals surface area contributed by atoms with Crippen LogP contribution in [-0.4, -0.2) is 74.8 Å². The van der Waals surface area contributed by atoms with Gasteiger partial charge >= 0.3 is 0 Å². The Morgan fingerprint density at radius 2 is 1.88 bits per heavy atom. The highest BCUT2D eigenvalue weighted by molar-refractivity contribution is 5.80. The average molecular weight is 353 g/mol. The lowest BCUT2D eigenvalue weighted by Crippen LogP contribution is -2.54. The molecule has 2 rings (SSSR count). The van der Waals surface area contributed by atoms with E-state index in [-0.39, 0.29) is 5.41 Å². The molecule has 2 saturated heterocycles. The summed E-state index contributed by atoms with van der Waals surface area (Å²) in [4.78, 5) is 9.52. The summed E-state index contributed by atoms with van der Waals surface area (Å²) < 4.78 is 6.12. The lowest BCUT2D eigenvalue weighted by Gasteiger charge is -2.41. The fourth-order valence-corrected chi connectivity index (χ4v) is 4.22. The van der Waals surface area contributed by atoms with Gasteiger partial charge in [-0.05, 0) is 24.2 Å². The lowest BCUT2D eigenvalue weighted by atomic mass is 9.78. The molecule has 146 valence electrons. The molecule has 0 radical (unpaired) electrons. The number of nitrogens with one attached hydrogen (secondary N) is 1. The monoisotopic (exact) mass is 352 g/mol. The molecular formula is C20H40N4O. The van der Waals surface area contributed by atoms with E-state index in [1.54, 1.807) is 0 Å². The number of rotatable bonds is 4. The maximum absolute atomic E-state index is 6.12. The third-order valence-corrected chi connectivity index (χ3v) is 5.33. The summed E-state index contributed by atoms with van der Waals surface area (Å²) in [6.07, 6.45) is 2.74. The molecule has 0 amide bonds. The first-order valence-electron chi connectivity index (χ1n) is 10.1. The summed E-state index contributed by atoms with van der Waals surface area (Å²) in [7, 11) is 1.90. The minimum atomic E-state index is 0.193. The molecule has 0 aromatic carbocycles. The van der Waals surface area contributed by atoms with E-state index in [0.717, 1.165) is 51.2 Å². The van der Waals surface area contributed by atoms with Crippen molar-refractivity contribution in [1.82, 2.24) is 15.1 Å². The molecule has 0 aromatic heterocycles. The smallest absolute Gasteiger partial charge is 0.193 e. The van der Waals surface area contributed by atoms with E-state index in [1.807, 2.05) is 7.05 Å². The van der Waals surface area contributed by atoms with E-state index in [9.17, 15) is 0 Å². The van der Waals surface area contributed by atoms with Gasteiger partial charge in [0.2, 0.25) is 0 Å². The van der Waals surface area contributed by atoms with E-state index in [4.69, 9.17) is 4.74 Å².